The van der Waals surface area contributed by atoms with E-state index in [-0.39, 0.29) is 17.8 Å². The van der Waals surface area contributed by atoms with Crippen molar-refractivity contribution in [3.8, 4) is 0 Å². The molecule has 0 radical (unpaired) electrons. The first-order chi connectivity index (χ1) is 10.1. The van der Waals surface area contributed by atoms with Gasteiger partial charge >= 0.3 is 0 Å². The lowest BCUT2D eigenvalue weighted by molar-refractivity contribution is -0.121. The van der Waals surface area contributed by atoms with Crippen LogP contribution >= 0.6 is 0 Å². The Kier molecular flexibility index (Phi) is 7.17. The van der Waals surface area contributed by atoms with Crippen molar-refractivity contribution >= 4 is 11.7 Å². The van der Waals surface area contributed by atoms with Crippen molar-refractivity contribution in [1.82, 2.24) is 15.6 Å². The Morgan fingerprint density at radius 1 is 1.57 bits per heavy atom. The molecular formula is C14H23N5O2. The average molecular weight is 293 g/mol. The highest BCUT2D eigenvalue weighted by atomic mass is 16.4. The summed E-state index contributed by atoms with van der Waals surface area (Å²) in [6, 6.07) is 3.82. The number of carbonyl (C=O) groups is 1. The van der Waals surface area contributed by atoms with E-state index in [0.29, 0.717) is 25.2 Å². The largest absolute Gasteiger partial charge is 0.409 e. The van der Waals surface area contributed by atoms with Gasteiger partial charge in [-0.1, -0.05) is 18.1 Å². The highest BCUT2D eigenvalue weighted by Gasteiger charge is 2.08. The molecule has 5 N–H and O–H groups in total. The minimum absolute atomic E-state index is 0.0260. The van der Waals surface area contributed by atoms with Crippen LogP contribution in [0.25, 0.3) is 0 Å². The zero-order valence-electron chi connectivity index (χ0n) is 12.5. The van der Waals surface area contributed by atoms with Crippen LogP contribution in [0.4, 0.5) is 0 Å². The van der Waals surface area contributed by atoms with E-state index < -0.39 is 0 Å². The Labute approximate surface area is 124 Å². The molecule has 1 aromatic heterocycles. The number of aromatic nitrogens is 1. The Morgan fingerprint density at radius 3 is 3.00 bits per heavy atom. The fourth-order valence-corrected chi connectivity index (χ4v) is 1.73. The number of carbonyl (C=O) groups excluding carboxylic acids is 1. The molecule has 0 fully saturated rings. The quantitative estimate of drug-likeness (QED) is 0.184. The van der Waals surface area contributed by atoms with Crippen molar-refractivity contribution in [3.05, 3.63) is 29.6 Å². The summed E-state index contributed by atoms with van der Waals surface area (Å²) in [4.78, 5) is 15.7. The Hall–Kier alpha value is -2.15. The highest BCUT2D eigenvalue weighted by Crippen LogP contribution is 2.04. The Morgan fingerprint density at radius 2 is 2.33 bits per heavy atom. The third kappa shape index (κ3) is 5.78. The van der Waals surface area contributed by atoms with Gasteiger partial charge in [-0.3, -0.25) is 9.78 Å². The summed E-state index contributed by atoms with van der Waals surface area (Å²) in [5.74, 6) is 0.00149. The predicted molar refractivity (Wildman–Crippen MR) is 81.0 cm³/mol. The van der Waals surface area contributed by atoms with E-state index in [9.17, 15) is 4.79 Å². The van der Waals surface area contributed by atoms with Gasteiger partial charge in [-0.15, -0.1) is 0 Å². The molecule has 1 heterocycles. The second kappa shape index (κ2) is 8.91. The first-order valence-corrected chi connectivity index (χ1v) is 7.00. The van der Waals surface area contributed by atoms with Gasteiger partial charge < -0.3 is 21.6 Å². The number of nitrogens with two attached hydrogens (primary N) is 1. The number of nitrogens with one attached hydrogen (secondary N) is 2. The van der Waals surface area contributed by atoms with Crippen LogP contribution in [0.2, 0.25) is 0 Å². The van der Waals surface area contributed by atoms with E-state index >= 15 is 0 Å². The van der Waals surface area contributed by atoms with Gasteiger partial charge in [0.15, 0.2) is 5.84 Å². The fourth-order valence-electron chi connectivity index (χ4n) is 1.73. The van der Waals surface area contributed by atoms with Crippen LogP contribution in [-0.4, -0.2) is 34.5 Å². The standard InChI is InChI=1S/C14H23N5O2/c1-3-10(2)18-12(20)6-8-16-9-11-5-4-7-17-13(11)14(15)19-21/h4-5,7,10,16,21H,3,6,8-9H2,1-2H3,(H2,15,19)(H,18,20). The van der Waals surface area contributed by atoms with Crippen LogP contribution in [0.5, 0.6) is 0 Å². The number of nitrogens with zero attached hydrogens (tertiary/aromatic N) is 2. The molecule has 0 aromatic carbocycles. The molecule has 0 aliphatic carbocycles. The van der Waals surface area contributed by atoms with Crippen LogP contribution < -0.4 is 16.4 Å². The molecule has 7 heteroatoms. The second-order valence-corrected chi connectivity index (χ2v) is 4.80. The Bertz CT molecular complexity index is 490. The zero-order valence-corrected chi connectivity index (χ0v) is 12.5. The van der Waals surface area contributed by atoms with Crippen molar-refractivity contribution < 1.29 is 10.0 Å². The summed E-state index contributed by atoms with van der Waals surface area (Å²) in [7, 11) is 0. The average Bonchev–Trinajstić information content (AvgIpc) is 2.51. The monoisotopic (exact) mass is 293 g/mol. The van der Waals surface area contributed by atoms with Crippen LogP contribution in [0.1, 0.15) is 37.9 Å². The smallest absolute Gasteiger partial charge is 0.221 e. The lowest BCUT2D eigenvalue weighted by Gasteiger charge is -2.12. The third-order valence-corrected chi connectivity index (χ3v) is 3.11. The summed E-state index contributed by atoms with van der Waals surface area (Å²) in [5, 5.41) is 17.7. The number of hydrogen-bond acceptors (Lipinski definition) is 5. The number of hydrogen-bond donors (Lipinski definition) is 4. The van der Waals surface area contributed by atoms with E-state index in [4.69, 9.17) is 10.9 Å². The topological polar surface area (TPSA) is 113 Å². The van der Waals surface area contributed by atoms with E-state index in [1.165, 1.54) is 0 Å². The molecule has 1 unspecified atom stereocenters. The molecule has 0 saturated heterocycles. The Balaban J connectivity index is 2.42. The number of oxime groups is 1. The fraction of sp³-hybridized carbons (Fsp3) is 0.500. The summed E-state index contributed by atoms with van der Waals surface area (Å²) >= 11 is 0. The number of rotatable bonds is 8. The van der Waals surface area contributed by atoms with Crippen LogP contribution in [0.3, 0.4) is 0 Å². The van der Waals surface area contributed by atoms with Crippen LogP contribution in [0, 0.1) is 0 Å². The molecule has 0 aliphatic heterocycles. The summed E-state index contributed by atoms with van der Waals surface area (Å²) in [6.07, 6.45) is 2.90. The van der Waals surface area contributed by atoms with E-state index in [1.54, 1.807) is 12.3 Å². The number of amidine groups is 1. The minimum Gasteiger partial charge on any atom is -0.409 e. The molecule has 1 rings (SSSR count). The highest BCUT2D eigenvalue weighted by molar-refractivity contribution is 5.96. The van der Waals surface area contributed by atoms with Gasteiger partial charge in [0, 0.05) is 31.7 Å². The molecular weight excluding hydrogens is 270 g/mol. The molecule has 0 spiro atoms. The summed E-state index contributed by atoms with van der Waals surface area (Å²) in [5.41, 5.74) is 6.82. The van der Waals surface area contributed by atoms with Crippen LogP contribution in [-0.2, 0) is 11.3 Å². The molecule has 116 valence electrons. The SMILES string of the molecule is CCC(C)NC(=O)CCNCc1cccnc1C(N)=NO. The number of pyridine rings is 1. The van der Waals surface area contributed by atoms with Gasteiger partial charge in [-0.05, 0) is 25.0 Å². The predicted octanol–water partition coefficient (Wildman–Crippen LogP) is 0.571. The molecule has 7 nitrogen and oxygen atoms in total. The van der Waals surface area contributed by atoms with Gasteiger partial charge in [0.2, 0.25) is 5.91 Å². The maximum Gasteiger partial charge on any atom is 0.221 e. The maximum atomic E-state index is 11.6. The van der Waals surface area contributed by atoms with E-state index in [1.807, 2.05) is 19.9 Å². The molecule has 0 aliphatic rings. The molecule has 21 heavy (non-hydrogen) atoms. The van der Waals surface area contributed by atoms with Crippen LogP contribution in [0.15, 0.2) is 23.5 Å². The van der Waals surface area contributed by atoms with Gasteiger partial charge in [-0.2, -0.15) is 0 Å². The lowest BCUT2D eigenvalue weighted by atomic mass is 10.2. The van der Waals surface area contributed by atoms with Crippen molar-refractivity contribution in [2.24, 2.45) is 10.9 Å². The summed E-state index contributed by atoms with van der Waals surface area (Å²) < 4.78 is 0. The first kappa shape index (κ1) is 16.9. The second-order valence-electron chi connectivity index (χ2n) is 4.80. The van der Waals surface area contributed by atoms with Gasteiger partial charge in [0.05, 0.1) is 0 Å². The molecule has 1 aromatic rings. The number of amides is 1. The van der Waals surface area contributed by atoms with Crippen molar-refractivity contribution in [3.63, 3.8) is 0 Å². The lowest BCUT2D eigenvalue weighted by Crippen LogP contribution is -2.34. The summed E-state index contributed by atoms with van der Waals surface area (Å²) in [6.45, 7) is 5.05. The van der Waals surface area contributed by atoms with Crippen molar-refractivity contribution in [1.29, 1.82) is 0 Å². The van der Waals surface area contributed by atoms with Crippen molar-refractivity contribution in [2.75, 3.05) is 6.54 Å². The third-order valence-electron chi connectivity index (χ3n) is 3.11. The first-order valence-electron chi connectivity index (χ1n) is 7.00. The maximum absolute atomic E-state index is 11.6. The molecule has 0 bridgehead atoms. The van der Waals surface area contributed by atoms with Crippen molar-refractivity contribution in [2.45, 2.75) is 39.3 Å². The molecule has 1 atom stereocenters. The van der Waals surface area contributed by atoms with E-state index in [2.05, 4.69) is 20.8 Å². The normalized spacial score (nSPS) is 13.0. The van der Waals surface area contributed by atoms with Gasteiger partial charge in [0.25, 0.3) is 0 Å². The van der Waals surface area contributed by atoms with E-state index in [0.717, 1.165) is 12.0 Å². The minimum atomic E-state index is -0.0260. The molecule has 0 saturated carbocycles. The van der Waals surface area contributed by atoms with Gasteiger partial charge in [0.1, 0.15) is 5.69 Å². The zero-order chi connectivity index (χ0) is 15.7. The van der Waals surface area contributed by atoms with Gasteiger partial charge in [-0.25, -0.2) is 0 Å². The molecule has 1 amide bonds.